The van der Waals surface area contributed by atoms with E-state index in [0.717, 1.165) is 0 Å². The lowest BCUT2D eigenvalue weighted by Gasteiger charge is -2.10. The van der Waals surface area contributed by atoms with Gasteiger partial charge in [-0.25, -0.2) is 13.8 Å². The number of nitriles is 1. The fourth-order valence-corrected chi connectivity index (χ4v) is 1.16. The fourth-order valence-electron chi connectivity index (χ4n) is 1.16. The van der Waals surface area contributed by atoms with Crippen LogP contribution in [0.15, 0.2) is 6.07 Å². The number of halogens is 3. The first-order valence-corrected chi connectivity index (χ1v) is 3.98. The van der Waals surface area contributed by atoms with Gasteiger partial charge in [-0.05, 0) is 0 Å². The summed E-state index contributed by atoms with van der Waals surface area (Å²) in [5, 5.41) is 8.40. The molecule has 0 N–H and O–H groups in total. The van der Waals surface area contributed by atoms with E-state index in [1.807, 2.05) is 0 Å². The highest BCUT2D eigenvalue weighted by atomic mass is 19.3. The van der Waals surface area contributed by atoms with Crippen molar-refractivity contribution in [1.82, 2.24) is 4.98 Å². The third-order valence-electron chi connectivity index (χ3n) is 1.73. The second-order valence-corrected chi connectivity index (χ2v) is 2.65. The van der Waals surface area contributed by atoms with E-state index in [2.05, 4.69) is 9.72 Å². The summed E-state index contributed by atoms with van der Waals surface area (Å²) in [6.07, 6.45) is -3.14. The lowest BCUT2D eigenvalue weighted by molar-refractivity contribution is 0.146. The van der Waals surface area contributed by atoms with E-state index in [1.54, 1.807) is 6.07 Å². The average molecular weight is 216 g/mol. The molecule has 3 nitrogen and oxygen atoms in total. The van der Waals surface area contributed by atoms with Crippen molar-refractivity contribution in [2.24, 2.45) is 0 Å². The van der Waals surface area contributed by atoms with Gasteiger partial charge in [0.05, 0.1) is 25.2 Å². The van der Waals surface area contributed by atoms with E-state index in [0.29, 0.717) is 6.07 Å². The summed E-state index contributed by atoms with van der Waals surface area (Å²) >= 11 is 0. The summed E-state index contributed by atoms with van der Waals surface area (Å²) in [6.45, 7) is 0. The molecule has 0 unspecified atom stereocenters. The molecule has 0 saturated carbocycles. The molecule has 0 radical (unpaired) electrons. The average Bonchev–Trinajstić information content (AvgIpc) is 2.17. The van der Waals surface area contributed by atoms with E-state index in [-0.39, 0.29) is 17.9 Å². The van der Waals surface area contributed by atoms with Gasteiger partial charge < -0.3 is 4.74 Å². The Hall–Kier alpha value is -1.77. The quantitative estimate of drug-likeness (QED) is 0.728. The third kappa shape index (κ3) is 2.37. The highest BCUT2D eigenvalue weighted by Gasteiger charge is 2.20. The molecule has 1 aromatic rings. The number of rotatable bonds is 3. The number of pyridine rings is 1. The van der Waals surface area contributed by atoms with E-state index >= 15 is 0 Å². The molecule has 0 aromatic carbocycles. The summed E-state index contributed by atoms with van der Waals surface area (Å²) in [5.74, 6) is -1.27. The van der Waals surface area contributed by atoms with Gasteiger partial charge in [-0.2, -0.15) is 9.65 Å². The Balaban J connectivity index is 3.33. The largest absolute Gasteiger partial charge is 0.494 e. The van der Waals surface area contributed by atoms with Crippen molar-refractivity contribution in [3.63, 3.8) is 0 Å². The molecular formula is C9H7F3N2O. The van der Waals surface area contributed by atoms with Crippen LogP contribution in [-0.2, 0) is 6.42 Å². The summed E-state index contributed by atoms with van der Waals surface area (Å²) in [6, 6.07) is 2.30. The van der Waals surface area contributed by atoms with Gasteiger partial charge in [0, 0.05) is 6.07 Å². The van der Waals surface area contributed by atoms with Crippen molar-refractivity contribution in [3.05, 3.63) is 23.3 Å². The van der Waals surface area contributed by atoms with Crippen LogP contribution in [0.2, 0.25) is 0 Å². The molecule has 1 rings (SSSR count). The second kappa shape index (κ2) is 4.64. The van der Waals surface area contributed by atoms with Gasteiger partial charge in [0.25, 0.3) is 6.43 Å². The summed E-state index contributed by atoms with van der Waals surface area (Å²) < 4.78 is 42.4. The Kier molecular flexibility index (Phi) is 3.50. The topological polar surface area (TPSA) is 45.9 Å². The molecule has 0 aliphatic carbocycles. The molecule has 80 valence electrons. The van der Waals surface area contributed by atoms with Crippen LogP contribution < -0.4 is 4.74 Å². The fraction of sp³-hybridized carbons (Fsp3) is 0.333. The number of hydrogen-bond donors (Lipinski definition) is 0. The minimum absolute atomic E-state index is 0.115. The highest BCUT2D eigenvalue weighted by molar-refractivity contribution is 5.39. The molecule has 15 heavy (non-hydrogen) atoms. The maximum Gasteiger partial charge on any atom is 0.267 e. The number of aromatic nitrogens is 1. The minimum atomic E-state index is -2.87. The smallest absolute Gasteiger partial charge is 0.267 e. The Morgan fingerprint density at radius 3 is 2.73 bits per heavy atom. The van der Waals surface area contributed by atoms with E-state index in [1.165, 1.54) is 7.11 Å². The molecule has 1 aromatic heterocycles. The lowest BCUT2D eigenvalue weighted by atomic mass is 10.1. The number of methoxy groups -OCH3 is 1. The van der Waals surface area contributed by atoms with Gasteiger partial charge in [-0.15, -0.1) is 0 Å². The third-order valence-corrected chi connectivity index (χ3v) is 1.73. The van der Waals surface area contributed by atoms with Crippen LogP contribution in [-0.4, -0.2) is 12.1 Å². The Labute approximate surface area is 84.1 Å². The van der Waals surface area contributed by atoms with Crippen LogP contribution in [0.1, 0.15) is 17.7 Å². The summed E-state index contributed by atoms with van der Waals surface area (Å²) in [7, 11) is 1.17. The van der Waals surface area contributed by atoms with Gasteiger partial charge >= 0.3 is 0 Å². The molecule has 0 atom stereocenters. The lowest BCUT2D eigenvalue weighted by Crippen LogP contribution is -2.02. The molecular weight excluding hydrogens is 209 g/mol. The van der Waals surface area contributed by atoms with Gasteiger partial charge in [-0.3, -0.25) is 0 Å². The molecule has 6 heteroatoms. The van der Waals surface area contributed by atoms with Crippen LogP contribution in [0.4, 0.5) is 13.2 Å². The first-order valence-electron chi connectivity index (χ1n) is 3.98. The highest BCUT2D eigenvalue weighted by Crippen LogP contribution is 2.31. The number of alkyl halides is 2. The molecule has 0 aliphatic rings. The number of nitrogens with zero attached hydrogens (tertiary/aromatic N) is 2. The molecule has 1 heterocycles. The summed E-state index contributed by atoms with van der Waals surface area (Å²) in [4.78, 5) is 3.33. The SMILES string of the molecule is COc1c(C(F)F)cc(F)nc1CC#N. The van der Waals surface area contributed by atoms with Crippen LogP contribution in [0.3, 0.4) is 0 Å². The number of hydrogen-bond acceptors (Lipinski definition) is 3. The molecule has 0 amide bonds. The zero-order valence-corrected chi connectivity index (χ0v) is 7.80. The second-order valence-electron chi connectivity index (χ2n) is 2.65. The van der Waals surface area contributed by atoms with Crippen LogP contribution in [0.5, 0.6) is 5.75 Å². The van der Waals surface area contributed by atoms with Crippen molar-refractivity contribution in [2.45, 2.75) is 12.8 Å². The van der Waals surface area contributed by atoms with Gasteiger partial charge in [0.15, 0.2) is 5.75 Å². The monoisotopic (exact) mass is 216 g/mol. The Bertz CT molecular complexity index is 401. The molecule has 0 spiro atoms. The van der Waals surface area contributed by atoms with Crippen molar-refractivity contribution in [2.75, 3.05) is 7.11 Å². The van der Waals surface area contributed by atoms with Crippen molar-refractivity contribution < 1.29 is 17.9 Å². The van der Waals surface area contributed by atoms with Crippen molar-refractivity contribution in [1.29, 1.82) is 5.26 Å². The van der Waals surface area contributed by atoms with E-state index in [4.69, 9.17) is 5.26 Å². The molecule has 0 fully saturated rings. The summed E-state index contributed by atoms with van der Waals surface area (Å²) in [5.41, 5.74) is -0.703. The van der Waals surface area contributed by atoms with Crippen molar-refractivity contribution in [3.8, 4) is 11.8 Å². The van der Waals surface area contributed by atoms with E-state index in [9.17, 15) is 13.2 Å². The molecule has 0 aliphatic heterocycles. The molecule has 0 bridgehead atoms. The zero-order chi connectivity index (χ0) is 11.4. The Morgan fingerprint density at radius 1 is 1.60 bits per heavy atom. The standard InChI is InChI=1S/C9H7F3N2O/c1-15-8-5(9(11)12)4-7(10)14-6(8)2-3-13/h4,9H,2H2,1H3. The Morgan fingerprint density at radius 2 is 2.27 bits per heavy atom. The predicted molar refractivity (Wildman–Crippen MR) is 45.0 cm³/mol. The molecule has 0 saturated heterocycles. The predicted octanol–water partition coefficient (Wildman–Crippen LogP) is 2.23. The van der Waals surface area contributed by atoms with Gasteiger partial charge in [-0.1, -0.05) is 0 Å². The van der Waals surface area contributed by atoms with Crippen LogP contribution in [0.25, 0.3) is 0 Å². The maximum atomic E-state index is 12.8. The van der Waals surface area contributed by atoms with Gasteiger partial charge in [0.2, 0.25) is 5.95 Å². The van der Waals surface area contributed by atoms with E-state index < -0.39 is 17.9 Å². The first kappa shape index (κ1) is 11.3. The van der Waals surface area contributed by atoms with Crippen LogP contribution >= 0.6 is 0 Å². The first-order chi connectivity index (χ1) is 7.10. The maximum absolute atomic E-state index is 12.8. The van der Waals surface area contributed by atoms with Crippen molar-refractivity contribution >= 4 is 0 Å². The van der Waals surface area contributed by atoms with Gasteiger partial charge in [0.1, 0.15) is 5.69 Å². The zero-order valence-electron chi connectivity index (χ0n) is 7.80. The minimum Gasteiger partial charge on any atom is -0.494 e. The number of ether oxygens (including phenoxy) is 1. The van der Waals surface area contributed by atoms with Crippen LogP contribution in [0, 0.1) is 17.3 Å². The normalized spacial score (nSPS) is 10.1.